The smallest absolute Gasteiger partial charge is 0.271 e. The Morgan fingerprint density at radius 3 is 2.00 bits per heavy atom. The predicted molar refractivity (Wildman–Crippen MR) is 72.4 cm³/mol. The van der Waals surface area contributed by atoms with Gasteiger partial charge in [0.1, 0.15) is 0 Å². The first kappa shape index (κ1) is 17.6. The fraction of sp³-hybridized carbons (Fsp3) is 0.500. The van der Waals surface area contributed by atoms with Crippen molar-refractivity contribution in [1.82, 2.24) is 0 Å². The van der Waals surface area contributed by atoms with Gasteiger partial charge >= 0.3 is 17.1 Å². The number of carbonyl (C=O) groups excluding carboxylic acids is 1. The summed E-state index contributed by atoms with van der Waals surface area (Å²) in [6.45, 7) is 5.00. The minimum atomic E-state index is -3.22. The molecule has 0 saturated heterocycles. The fourth-order valence-corrected chi connectivity index (χ4v) is 1.23. The van der Waals surface area contributed by atoms with E-state index in [9.17, 15) is 19.5 Å². The van der Waals surface area contributed by atoms with Crippen LogP contribution in [0.15, 0.2) is 16.1 Å². The van der Waals surface area contributed by atoms with Crippen LogP contribution >= 0.6 is 38.9 Å². The molecule has 0 bridgehead atoms. The van der Waals surface area contributed by atoms with E-state index in [2.05, 4.69) is 38.7 Å². The molecular weight excluding hydrogens is 325 g/mol. The molecule has 1 amide bonds. The summed E-state index contributed by atoms with van der Waals surface area (Å²) >= 11 is 13.8. The molecule has 1 aliphatic rings. The first-order valence-electron chi connectivity index (χ1n) is 4.54. The lowest BCUT2D eigenvalue weighted by molar-refractivity contribution is -0.497. The quantitative estimate of drug-likeness (QED) is 0.414. The first-order valence-corrected chi connectivity index (χ1v) is 8.96. The van der Waals surface area contributed by atoms with Crippen LogP contribution in [0.5, 0.6) is 0 Å². The van der Waals surface area contributed by atoms with Gasteiger partial charge in [-0.1, -0.05) is 0 Å². The number of dihydropyridines is 1. The van der Waals surface area contributed by atoms with Crippen molar-refractivity contribution >= 4 is 50.5 Å². The third-order valence-corrected chi connectivity index (χ3v) is 2.27. The highest BCUT2D eigenvalue weighted by atomic mass is 36.0. The van der Waals surface area contributed by atoms with E-state index in [0.717, 1.165) is 5.57 Å². The number of rotatable bonds is 1. The second-order valence-corrected chi connectivity index (χ2v) is 10.1. The molecule has 0 aromatic heterocycles. The number of hydrogen-bond acceptors (Lipinski definition) is 4. The van der Waals surface area contributed by atoms with Crippen molar-refractivity contribution in [1.29, 1.82) is 0 Å². The van der Waals surface area contributed by atoms with Gasteiger partial charge in [0.05, 0.1) is 0 Å². The standard InChI is InChI=1S/C8H10N2O3.Cl3OP/c1-4-5(2)7(10(12)13)8(11)9-6(4)3;1-5(2,3)4/h7H,1-3H3;. The predicted octanol–water partition coefficient (Wildman–Crippen LogP) is 3.78. The largest absolute Gasteiger partial charge is 0.339 e. The molecule has 1 heterocycles. The first-order chi connectivity index (χ1) is 7.95. The molecule has 1 rings (SSSR count). The zero-order valence-electron chi connectivity index (χ0n) is 9.69. The molecule has 0 aromatic rings. The SMILES string of the molecule is CC1=NC(=O)C([N+](=O)[O-])C(C)=C1C.O=P(Cl)(Cl)Cl. The van der Waals surface area contributed by atoms with Crippen LogP contribution < -0.4 is 0 Å². The summed E-state index contributed by atoms with van der Waals surface area (Å²) in [6.07, 6.45) is 0. The summed E-state index contributed by atoms with van der Waals surface area (Å²) in [5.41, 5.74) is 1.80. The Morgan fingerprint density at radius 1 is 1.28 bits per heavy atom. The van der Waals surface area contributed by atoms with Crippen LogP contribution in [-0.4, -0.2) is 22.6 Å². The van der Waals surface area contributed by atoms with Gasteiger partial charge in [-0.3, -0.25) is 19.5 Å². The Kier molecular flexibility index (Phi) is 6.51. The summed E-state index contributed by atoms with van der Waals surface area (Å²) in [5, 5.41) is 7.29. The summed E-state index contributed by atoms with van der Waals surface area (Å²) in [7, 11) is 0. The van der Waals surface area contributed by atoms with Crippen LogP contribution in [0.1, 0.15) is 20.8 Å². The molecule has 0 aromatic carbocycles. The normalized spacial score (nSPS) is 20.0. The average molecular weight is 336 g/mol. The van der Waals surface area contributed by atoms with Crippen LogP contribution in [0.25, 0.3) is 0 Å². The maximum Gasteiger partial charge on any atom is 0.339 e. The van der Waals surface area contributed by atoms with Gasteiger partial charge in [0, 0.05) is 16.2 Å². The van der Waals surface area contributed by atoms with Crippen molar-refractivity contribution in [3.8, 4) is 0 Å². The molecule has 6 nitrogen and oxygen atoms in total. The van der Waals surface area contributed by atoms with Crippen LogP contribution in [0, 0.1) is 10.1 Å². The van der Waals surface area contributed by atoms with Crippen LogP contribution in [0.4, 0.5) is 0 Å². The molecule has 0 radical (unpaired) electrons. The highest BCUT2D eigenvalue weighted by Gasteiger charge is 2.35. The van der Waals surface area contributed by atoms with Gasteiger partial charge in [0.25, 0.3) is 0 Å². The Balaban J connectivity index is 0.000000494. The topological polar surface area (TPSA) is 89.6 Å². The van der Waals surface area contributed by atoms with Crippen molar-refractivity contribution in [2.24, 2.45) is 4.99 Å². The minimum absolute atomic E-state index is 0.488. The highest BCUT2D eigenvalue weighted by Crippen LogP contribution is 2.61. The molecule has 1 atom stereocenters. The van der Waals surface area contributed by atoms with E-state index < -0.39 is 22.1 Å². The lowest BCUT2D eigenvalue weighted by Gasteiger charge is -2.15. The van der Waals surface area contributed by atoms with Crippen molar-refractivity contribution < 1.29 is 14.3 Å². The molecule has 102 valence electrons. The Bertz CT molecular complexity index is 474. The third-order valence-electron chi connectivity index (χ3n) is 2.27. The average Bonchev–Trinajstić information content (AvgIpc) is 2.10. The number of nitro groups is 1. The van der Waals surface area contributed by atoms with Crippen LogP contribution in [0.3, 0.4) is 0 Å². The number of nitrogens with zero attached hydrogens (tertiary/aromatic N) is 2. The maximum absolute atomic E-state index is 11.1. The fourth-order valence-electron chi connectivity index (χ4n) is 1.23. The zero-order chi connectivity index (χ0) is 14.7. The third kappa shape index (κ3) is 5.96. The zero-order valence-corrected chi connectivity index (χ0v) is 12.8. The number of amides is 1. The molecule has 1 aliphatic heterocycles. The van der Waals surface area contributed by atoms with Crippen molar-refractivity contribution in [3.63, 3.8) is 0 Å². The summed E-state index contributed by atoms with van der Waals surface area (Å²) in [6, 6.07) is -1.27. The molecule has 0 aliphatic carbocycles. The molecule has 1 unspecified atom stereocenters. The van der Waals surface area contributed by atoms with Crippen molar-refractivity contribution in [2.75, 3.05) is 0 Å². The lowest BCUT2D eigenvalue weighted by atomic mass is 9.97. The molecule has 18 heavy (non-hydrogen) atoms. The van der Waals surface area contributed by atoms with E-state index in [-0.39, 0.29) is 0 Å². The van der Waals surface area contributed by atoms with Gasteiger partial charge in [0.15, 0.2) is 0 Å². The second-order valence-electron chi connectivity index (χ2n) is 3.43. The van der Waals surface area contributed by atoms with E-state index in [0.29, 0.717) is 11.3 Å². The second kappa shape index (κ2) is 6.66. The summed E-state index contributed by atoms with van der Waals surface area (Å²) in [4.78, 5) is 24.6. The van der Waals surface area contributed by atoms with E-state index in [1.807, 2.05) is 0 Å². The maximum atomic E-state index is 11.1. The van der Waals surface area contributed by atoms with Crippen LogP contribution in [0.2, 0.25) is 0 Å². The number of halogens is 3. The number of allylic oxidation sites excluding steroid dienone is 1. The Hall–Kier alpha value is -0.420. The molecule has 0 N–H and O–H groups in total. The van der Waals surface area contributed by atoms with Gasteiger partial charge in [-0.05, 0) is 60.1 Å². The van der Waals surface area contributed by atoms with Gasteiger partial charge < -0.3 is 0 Å². The number of carbonyl (C=O) groups is 1. The van der Waals surface area contributed by atoms with Crippen molar-refractivity contribution in [3.05, 3.63) is 21.3 Å². The minimum Gasteiger partial charge on any atom is -0.271 e. The molecule has 0 fully saturated rings. The molecule has 0 saturated carbocycles. The molecular formula is C8H10Cl3N2O4P. The summed E-state index contributed by atoms with van der Waals surface area (Å²) in [5.74, 6) is -0.675. The molecule has 10 heteroatoms. The van der Waals surface area contributed by atoms with Crippen LogP contribution in [-0.2, 0) is 9.36 Å². The van der Waals surface area contributed by atoms with Gasteiger partial charge in [0.2, 0.25) is 0 Å². The monoisotopic (exact) mass is 334 g/mol. The number of aliphatic imine (C=N–C) groups is 1. The Labute approximate surface area is 118 Å². The van der Waals surface area contributed by atoms with Gasteiger partial charge in [-0.2, -0.15) is 0 Å². The van der Waals surface area contributed by atoms with Gasteiger partial charge in [-0.25, -0.2) is 4.99 Å². The van der Waals surface area contributed by atoms with Crippen molar-refractivity contribution in [2.45, 2.75) is 26.8 Å². The number of hydrogen-bond donors (Lipinski definition) is 0. The van der Waals surface area contributed by atoms with E-state index in [4.69, 9.17) is 0 Å². The van der Waals surface area contributed by atoms with E-state index in [1.165, 1.54) is 0 Å². The molecule has 0 spiro atoms. The van der Waals surface area contributed by atoms with Gasteiger partial charge in [-0.15, -0.1) is 0 Å². The van der Waals surface area contributed by atoms with E-state index >= 15 is 0 Å². The Morgan fingerprint density at radius 2 is 1.67 bits per heavy atom. The summed E-state index contributed by atoms with van der Waals surface area (Å²) < 4.78 is 9.51. The highest BCUT2D eigenvalue weighted by molar-refractivity contribution is 8.24. The lowest BCUT2D eigenvalue weighted by Crippen LogP contribution is -2.34. The van der Waals surface area contributed by atoms with E-state index in [1.54, 1.807) is 20.8 Å².